The fraction of sp³-hybridized carbons (Fsp3) is 0.477. The van der Waals surface area contributed by atoms with Crippen LogP contribution in [0.15, 0.2) is 54.4 Å². The number of pyridine rings is 1. The maximum atomic E-state index is 15.0. The molecule has 3 heterocycles. The van der Waals surface area contributed by atoms with Crippen molar-refractivity contribution in [3.05, 3.63) is 77.1 Å². The summed E-state index contributed by atoms with van der Waals surface area (Å²) in [5, 5.41) is 8.96. The second-order valence-corrected chi connectivity index (χ2v) is 20.5. The number of ether oxygens (including phenoxy) is 2. The zero-order valence-corrected chi connectivity index (χ0v) is 38.6. The largest absolute Gasteiger partial charge is 0.496 e. The van der Waals surface area contributed by atoms with Gasteiger partial charge in [-0.1, -0.05) is 40.7 Å². The number of benzene rings is 2. The van der Waals surface area contributed by atoms with E-state index in [1.807, 2.05) is 30.9 Å². The summed E-state index contributed by atoms with van der Waals surface area (Å²) in [6, 6.07) is 5.63. The Hall–Kier alpha value is -5.27. The molecular weight excluding hydrogens is 860 g/mol. The van der Waals surface area contributed by atoms with Gasteiger partial charge in [0.1, 0.15) is 51.7 Å². The number of nitrogens with one attached hydrogen (secondary N) is 3. The van der Waals surface area contributed by atoms with E-state index in [-0.39, 0.29) is 31.0 Å². The highest BCUT2D eigenvalue weighted by molar-refractivity contribution is 7.87. The van der Waals surface area contributed by atoms with Gasteiger partial charge in [0, 0.05) is 67.0 Å². The van der Waals surface area contributed by atoms with Crippen LogP contribution in [0.3, 0.4) is 0 Å². The van der Waals surface area contributed by atoms with E-state index in [0.717, 1.165) is 33.8 Å². The molecule has 63 heavy (non-hydrogen) atoms. The third-order valence-corrected chi connectivity index (χ3v) is 13.7. The number of fused-ring (bicyclic) bond motifs is 1. The number of nitrogens with zero attached hydrogens (tertiary/aromatic N) is 4. The van der Waals surface area contributed by atoms with Crippen molar-refractivity contribution in [1.82, 2.24) is 29.2 Å². The number of hydrogen-bond acceptors (Lipinski definition) is 11. The highest BCUT2D eigenvalue weighted by atomic mass is 32.2. The molecule has 2 aromatic heterocycles. The lowest BCUT2D eigenvalue weighted by atomic mass is 9.85. The zero-order chi connectivity index (χ0) is 46.6. The minimum Gasteiger partial charge on any atom is -0.496 e. The van der Waals surface area contributed by atoms with Crippen LogP contribution in [0.1, 0.15) is 77.1 Å². The Morgan fingerprint density at radius 3 is 2.35 bits per heavy atom. The number of hydrogen-bond donors (Lipinski definition) is 3. The molecule has 14 nitrogen and oxygen atoms in total. The van der Waals surface area contributed by atoms with Crippen LogP contribution in [-0.4, -0.2) is 96.8 Å². The number of methoxy groups -OCH3 is 1. The molecule has 1 saturated carbocycles. The molecule has 0 radical (unpaired) electrons. The summed E-state index contributed by atoms with van der Waals surface area (Å²) in [7, 11) is -0.216. The van der Waals surface area contributed by atoms with Crippen LogP contribution in [0.4, 0.5) is 18.9 Å². The summed E-state index contributed by atoms with van der Waals surface area (Å²) in [4.78, 5) is 54.3. The fourth-order valence-electron chi connectivity index (χ4n) is 7.58. The number of carbonyl (C=O) groups excluding carboxylic acids is 3. The van der Waals surface area contributed by atoms with E-state index in [4.69, 9.17) is 19.4 Å². The Morgan fingerprint density at radius 2 is 1.78 bits per heavy atom. The predicted octanol–water partition coefficient (Wildman–Crippen LogP) is 6.91. The molecule has 5 atom stereocenters. The zero-order valence-electron chi connectivity index (χ0n) is 36.9. The Bertz CT molecular complexity index is 2560. The molecule has 19 heteroatoms. The van der Waals surface area contributed by atoms with Gasteiger partial charge in [-0.15, -0.1) is 17.9 Å². The standard InChI is InChI=1S/C44H54F3N7O7S2/c1-12-25-20-44(25,41(57)52-63(58,59)53(9)10)51-38(55)33-18-29(21-54(33)40(56)37(42(5,6)7)48-28-16-26(43(8,46)47)15-27(45)17-28)61-35-19-31(39-50-32(22-62-39)23(2)3)49-36-24(4)34(60-11)14-13-30(35)36/h12-17,19,22-23,25,29,33,37,48H,1,18,20-21H2,2-11H3,(H,51,55)(H,52,57). The van der Waals surface area contributed by atoms with Crippen LogP contribution in [0.5, 0.6) is 11.5 Å². The lowest BCUT2D eigenvalue weighted by Crippen LogP contribution is -2.59. The molecule has 3 N–H and O–H groups in total. The van der Waals surface area contributed by atoms with Crippen molar-refractivity contribution in [3.8, 4) is 22.2 Å². The average molecular weight is 914 g/mol. The number of carbonyl (C=O) groups is 3. The average Bonchev–Trinajstić information content (AvgIpc) is 3.46. The van der Waals surface area contributed by atoms with Crippen LogP contribution in [0.25, 0.3) is 21.6 Å². The molecule has 1 aliphatic heterocycles. The Kier molecular flexibility index (Phi) is 13.0. The molecule has 4 aromatic rings. The van der Waals surface area contributed by atoms with E-state index in [1.165, 1.54) is 36.4 Å². The molecule has 0 spiro atoms. The lowest BCUT2D eigenvalue weighted by Gasteiger charge is -2.36. The molecule has 2 aromatic carbocycles. The van der Waals surface area contributed by atoms with Crippen molar-refractivity contribution in [2.45, 2.75) is 96.9 Å². The van der Waals surface area contributed by atoms with Gasteiger partial charge in [-0.2, -0.15) is 12.7 Å². The van der Waals surface area contributed by atoms with E-state index >= 15 is 0 Å². The van der Waals surface area contributed by atoms with Gasteiger partial charge in [-0.3, -0.25) is 14.4 Å². The van der Waals surface area contributed by atoms with Crippen molar-refractivity contribution in [2.24, 2.45) is 11.3 Å². The first kappa shape index (κ1) is 47.2. The molecule has 6 rings (SSSR count). The van der Waals surface area contributed by atoms with Crippen molar-refractivity contribution in [2.75, 3.05) is 33.1 Å². The Morgan fingerprint density at radius 1 is 1.08 bits per heavy atom. The number of aromatic nitrogens is 2. The molecule has 1 aliphatic carbocycles. The topological polar surface area (TPSA) is 172 Å². The van der Waals surface area contributed by atoms with Gasteiger partial charge in [-0.05, 0) is 55.0 Å². The number of aryl methyl sites for hydroxylation is 1. The van der Waals surface area contributed by atoms with Gasteiger partial charge in [-0.25, -0.2) is 27.9 Å². The van der Waals surface area contributed by atoms with Gasteiger partial charge in [0.2, 0.25) is 11.8 Å². The predicted molar refractivity (Wildman–Crippen MR) is 236 cm³/mol. The first-order chi connectivity index (χ1) is 29.3. The molecule has 1 saturated heterocycles. The smallest absolute Gasteiger partial charge is 0.303 e. The lowest BCUT2D eigenvalue weighted by molar-refractivity contribution is -0.141. The molecular formula is C44H54F3N7O7S2. The van der Waals surface area contributed by atoms with Crippen LogP contribution in [0.2, 0.25) is 0 Å². The van der Waals surface area contributed by atoms with E-state index in [9.17, 15) is 36.0 Å². The van der Waals surface area contributed by atoms with Crippen LogP contribution in [0, 0.1) is 24.1 Å². The number of thiazole rings is 1. The van der Waals surface area contributed by atoms with Gasteiger partial charge < -0.3 is 25.0 Å². The van der Waals surface area contributed by atoms with Crippen molar-refractivity contribution in [1.29, 1.82) is 0 Å². The molecule has 2 fully saturated rings. The van der Waals surface area contributed by atoms with Crippen LogP contribution >= 0.6 is 11.3 Å². The minimum atomic E-state index is -4.25. The first-order valence-electron chi connectivity index (χ1n) is 20.4. The van der Waals surface area contributed by atoms with E-state index in [0.29, 0.717) is 40.0 Å². The number of amides is 3. The summed E-state index contributed by atoms with van der Waals surface area (Å²) in [5.41, 5.74) is -0.591. The molecule has 340 valence electrons. The molecule has 2 aliphatic rings. The van der Waals surface area contributed by atoms with Crippen molar-refractivity contribution >= 4 is 55.9 Å². The van der Waals surface area contributed by atoms with Crippen molar-refractivity contribution in [3.63, 3.8) is 0 Å². The molecule has 3 amide bonds. The summed E-state index contributed by atoms with van der Waals surface area (Å²) in [6.45, 7) is 15.4. The third kappa shape index (κ3) is 9.79. The normalized spacial score (nSPS) is 20.7. The fourth-order valence-corrected chi connectivity index (χ4v) is 9.11. The number of rotatable bonds is 15. The van der Waals surface area contributed by atoms with Crippen molar-refractivity contribution < 1.29 is 45.4 Å². The quantitative estimate of drug-likeness (QED) is 0.107. The van der Waals surface area contributed by atoms with Gasteiger partial charge >= 0.3 is 10.2 Å². The van der Waals surface area contributed by atoms with Crippen LogP contribution in [-0.2, 0) is 30.5 Å². The minimum absolute atomic E-state index is 0.0393. The number of anilines is 1. The number of alkyl halides is 2. The monoisotopic (exact) mass is 913 g/mol. The second kappa shape index (κ2) is 17.4. The van der Waals surface area contributed by atoms with Crippen LogP contribution < -0.4 is 24.8 Å². The maximum absolute atomic E-state index is 15.0. The Balaban J connectivity index is 1.41. The summed E-state index contributed by atoms with van der Waals surface area (Å²) < 4.78 is 84.3. The van der Waals surface area contributed by atoms with Gasteiger partial charge in [0.15, 0.2) is 0 Å². The van der Waals surface area contributed by atoms with Gasteiger partial charge in [0.25, 0.3) is 11.8 Å². The highest BCUT2D eigenvalue weighted by Crippen LogP contribution is 2.46. The molecule has 0 bridgehead atoms. The Labute approximate surface area is 369 Å². The number of halogens is 3. The van der Waals surface area contributed by atoms with E-state index in [1.54, 1.807) is 46.1 Å². The second-order valence-electron chi connectivity index (χ2n) is 17.8. The first-order valence-corrected chi connectivity index (χ1v) is 22.7. The van der Waals surface area contributed by atoms with E-state index < -0.39 is 80.3 Å². The summed E-state index contributed by atoms with van der Waals surface area (Å²) in [6.07, 6.45) is 0.545. The van der Waals surface area contributed by atoms with Gasteiger partial charge in [0.05, 0.1) is 24.9 Å². The summed E-state index contributed by atoms with van der Waals surface area (Å²) in [5.74, 6) is -6.21. The third-order valence-electron chi connectivity index (χ3n) is 11.4. The molecule has 5 unspecified atom stereocenters. The highest BCUT2D eigenvalue weighted by Gasteiger charge is 2.61. The summed E-state index contributed by atoms with van der Waals surface area (Å²) >= 11 is 1.43. The SMILES string of the molecule is C=CC1CC1(NC(=O)C1CC(Oc2cc(-c3nc(C(C)C)cs3)nc3c(C)c(OC)ccc23)CN1C(=O)C(Nc1cc(F)cc(C(C)(F)F)c1)C(C)(C)C)C(=O)NS(=O)(=O)N(C)C. The number of likely N-dealkylation sites (tertiary alicyclic amines) is 1. The maximum Gasteiger partial charge on any atom is 0.303 e. The van der Waals surface area contributed by atoms with E-state index in [2.05, 4.69) is 17.2 Å².